The Kier molecular flexibility index (Phi) is 9.15. The van der Waals surface area contributed by atoms with Crippen molar-refractivity contribution in [3.63, 3.8) is 0 Å². The standard InChI is InChI=1S/C31H33N6O8P/c1-19(30(39)42-16-20-9-4-3-5-10-20)36-46(40,45-25-14-8-12-21-11-6-7-13-23(21)25)43-17-22-15-24(38)29(44-22)37-18-33-26-27(32)34-31(41-2)35-28(26)37/h3-14,18-19,22,24,29,38H,15-17H2,1-2H3,(H,36,40)(H2,32,34,35)/t19-,22-,24-,29?,46?/m0/s1. The van der Waals surface area contributed by atoms with Gasteiger partial charge in [0, 0.05) is 11.8 Å². The molecule has 4 N–H and O–H groups in total. The largest absolute Gasteiger partial charge is 0.467 e. The van der Waals surface area contributed by atoms with Crippen molar-refractivity contribution in [1.82, 2.24) is 24.6 Å². The number of nitrogens with two attached hydrogens (primary N) is 1. The van der Waals surface area contributed by atoms with Crippen LogP contribution in [0.15, 0.2) is 79.1 Å². The topological polar surface area (TPSA) is 182 Å². The number of aliphatic hydroxyl groups excluding tert-OH is 1. The van der Waals surface area contributed by atoms with Crippen LogP contribution in [0.2, 0.25) is 0 Å². The van der Waals surface area contributed by atoms with Gasteiger partial charge in [-0.1, -0.05) is 66.7 Å². The molecular formula is C31H33N6O8P. The monoisotopic (exact) mass is 648 g/mol. The number of rotatable bonds is 12. The van der Waals surface area contributed by atoms with Crippen molar-refractivity contribution in [2.45, 2.75) is 44.4 Å². The molecule has 3 heterocycles. The molecule has 5 atom stereocenters. The lowest BCUT2D eigenvalue weighted by molar-refractivity contribution is -0.146. The molecule has 14 nitrogen and oxygen atoms in total. The molecule has 6 rings (SSSR count). The van der Waals surface area contributed by atoms with Crippen LogP contribution in [0.3, 0.4) is 0 Å². The molecule has 1 aliphatic rings. The smallest absolute Gasteiger partial charge is 0.459 e. The fourth-order valence-electron chi connectivity index (χ4n) is 5.10. The van der Waals surface area contributed by atoms with Gasteiger partial charge in [-0.3, -0.25) is 13.9 Å². The third-order valence-corrected chi connectivity index (χ3v) is 9.01. The van der Waals surface area contributed by atoms with Crippen molar-refractivity contribution in [2.24, 2.45) is 0 Å². The van der Waals surface area contributed by atoms with Gasteiger partial charge in [0.05, 0.1) is 26.1 Å². The second-order valence-corrected chi connectivity index (χ2v) is 12.4. The highest BCUT2D eigenvalue weighted by atomic mass is 31.2. The van der Waals surface area contributed by atoms with Gasteiger partial charge in [0.2, 0.25) is 0 Å². The Labute approximate surface area is 264 Å². The summed E-state index contributed by atoms with van der Waals surface area (Å²) in [5, 5.41) is 15.2. The van der Waals surface area contributed by atoms with E-state index in [1.54, 1.807) is 12.1 Å². The van der Waals surface area contributed by atoms with E-state index in [-0.39, 0.29) is 31.5 Å². The molecule has 15 heteroatoms. The van der Waals surface area contributed by atoms with Crippen LogP contribution in [0.4, 0.5) is 5.82 Å². The van der Waals surface area contributed by atoms with Gasteiger partial charge in [-0.15, -0.1) is 0 Å². The lowest BCUT2D eigenvalue weighted by Gasteiger charge is -2.24. The number of aromatic nitrogens is 4. The number of hydrogen-bond acceptors (Lipinski definition) is 12. The molecule has 0 amide bonds. The van der Waals surface area contributed by atoms with Crippen LogP contribution < -0.4 is 20.1 Å². The van der Waals surface area contributed by atoms with E-state index in [4.69, 9.17) is 29.0 Å². The zero-order valence-electron chi connectivity index (χ0n) is 25.1. The van der Waals surface area contributed by atoms with Crippen LogP contribution in [0.1, 0.15) is 25.1 Å². The summed E-state index contributed by atoms with van der Waals surface area (Å²) >= 11 is 0. The van der Waals surface area contributed by atoms with E-state index in [2.05, 4.69) is 20.0 Å². The molecule has 1 saturated heterocycles. The highest BCUT2D eigenvalue weighted by molar-refractivity contribution is 7.52. The number of anilines is 1. The first-order valence-electron chi connectivity index (χ1n) is 14.5. The molecule has 1 fully saturated rings. The molecule has 0 saturated carbocycles. The number of ether oxygens (including phenoxy) is 3. The molecule has 0 bridgehead atoms. The number of nitrogen functional groups attached to an aromatic ring is 1. The second kappa shape index (κ2) is 13.4. The number of carbonyl (C=O) groups excluding carboxylic acids is 1. The number of esters is 1. The third-order valence-electron chi connectivity index (χ3n) is 7.38. The van der Waals surface area contributed by atoms with Crippen molar-refractivity contribution >= 4 is 41.5 Å². The minimum atomic E-state index is -4.24. The first kappa shape index (κ1) is 31.4. The predicted molar refractivity (Wildman–Crippen MR) is 168 cm³/mol. The Balaban J connectivity index is 1.19. The number of methoxy groups -OCH3 is 1. The summed E-state index contributed by atoms with van der Waals surface area (Å²) in [7, 11) is -2.84. The molecule has 1 aliphatic heterocycles. The summed E-state index contributed by atoms with van der Waals surface area (Å²) in [5.74, 6) is -0.243. The molecule has 0 radical (unpaired) electrons. The van der Waals surface area contributed by atoms with Gasteiger partial charge in [-0.05, 0) is 23.9 Å². The van der Waals surface area contributed by atoms with Gasteiger partial charge < -0.3 is 29.6 Å². The van der Waals surface area contributed by atoms with Crippen LogP contribution in [-0.2, 0) is 30.0 Å². The fourth-order valence-corrected chi connectivity index (χ4v) is 6.64. The Morgan fingerprint density at radius 3 is 2.70 bits per heavy atom. The molecule has 2 unspecified atom stereocenters. The third kappa shape index (κ3) is 6.81. The zero-order valence-corrected chi connectivity index (χ0v) is 25.9. The molecule has 46 heavy (non-hydrogen) atoms. The average Bonchev–Trinajstić information content (AvgIpc) is 3.66. The van der Waals surface area contributed by atoms with Crippen LogP contribution in [0.5, 0.6) is 11.8 Å². The predicted octanol–water partition coefficient (Wildman–Crippen LogP) is 4.14. The first-order chi connectivity index (χ1) is 22.2. The Bertz CT molecular complexity index is 1880. The highest BCUT2D eigenvalue weighted by Gasteiger charge is 2.40. The minimum Gasteiger partial charge on any atom is -0.467 e. The number of aliphatic hydroxyl groups is 1. The number of fused-ring (bicyclic) bond motifs is 2. The summed E-state index contributed by atoms with van der Waals surface area (Å²) in [6.45, 7) is 1.30. The van der Waals surface area contributed by atoms with E-state index in [1.165, 1.54) is 24.9 Å². The maximum Gasteiger partial charge on any atom is 0.459 e. The maximum atomic E-state index is 14.3. The summed E-state index contributed by atoms with van der Waals surface area (Å²) in [6, 6.07) is 20.9. The SMILES string of the molecule is COc1nc(N)c2ncn(C3O[C@H](COP(=O)(N[C@@H](C)C(=O)OCc4ccccc4)Oc4cccc5ccccc45)C[C@@H]3O)c2n1. The van der Waals surface area contributed by atoms with Gasteiger partial charge in [0.25, 0.3) is 0 Å². The Morgan fingerprint density at radius 1 is 1.13 bits per heavy atom. The summed E-state index contributed by atoms with van der Waals surface area (Å²) in [4.78, 5) is 25.5. The molecular weight excluding hydrogens is 615 g/mol. The quantitative estimate of drug-likeness (QED) is 0.130. The normalized spacial score (nSPS) is 19.9. The lowest BCUT2D eigenvalue weighted by atomic mass is 10.1. The lowest BCUT2D eigenvalue weighted by Crippen LogP contribution is -2.35. The summed E-state index contributed by atoms with van der Waals surface area (Å²) in [5.41, 5.74) is 7.43. The van der Waals surface area contributed by atoms with Crippen LogP contribution >= 0.6 is 7.75 Å². The number of nitrogens with one attached hydrogen (secondary N) is 1. The molecule has 240 valence electrons. The fraction of sp³-hybridized carbons (Fsp3) is 0.290. The molecule has 5 aromatic rings. The van der Waals surface area contributed by atoms with Crippen molar-refractivity contribution in [2.75, 3.05) is 19.5 Å². The average molecular weight is 649 g/mol. The summed E-state index contributed by atoms with van der Waals surface area (Å²) < 4.78 is 44.4. The van der Waals surface area contributed by atoms with E-state index in [1.807, 2.05) is 60.7 Å². The molecule has 2 aromatic heterocycles. The van der Waals surface area contributed by atoms with Gasteiger partial charge in [-0.2, -0.15) is 15.1 Å². The van der Waals surface area contributed by atoms with Crippen molar-refractivity contribution in [3.8, 4) is 11.8 Å². The number of nitrogens with zero attached hydrogens (tertiary/aromatic N) is 4. The van der Waals surface area contributed by atoms with Crippen molar-refractivity contribution in [1.29, 1.82) is 0 Å². The number of carbonyl (C=O) groups is 1. The minimum absolute atomic E-state index is 0.0353. The van der Waals surface area contributed by atoms with Gasteiger partial charge in [-0.25, -0.2) is 9.55 Å². The van der Waals surface area contributed by atoms with Gasteiger partial charge in [0.1, 0.15) is 24.5 Å². The first-order valence-corrected chi connectivity index (χ1v) is 16.0. The summed E-state index contributed by atoms with van der Waals surface area (Å²) in [6.07, 6.45) is -1.05. The van der Waals surface area contributed by atoms with Crippen molar-refractivity contribution < 1.29 is 37.7 Å². The Morgan fingerprint density at radius 2 is 1.89 bits per heavy atom. The Hall–Kier alpha value is -4.59. The number of benzene rings is 3. The van der Waals surface area contributed by atoms with Gasteiger partial charge in [0.15, 0.2) is 23.2 Å². The second-order valence-electron chi connectivity index (χ2n) is 10.7. The maximum absolute atomic E-state index is 14.3. The van der Waals surface area contributed by atoms with Crippen molar-refractivity contribution in [3.05, 3.63) is 84.7 Å². The van der Waals surface area contributed by atoms with E-state index in [9.17, 15) is 14.5 Å². The molecule has 0 spiro atoms. The van der Waals surface area contributed by atoms with E-state index < -0.39 is 38.2 Å². The van der Waals surface area contributed by atoms with Crippen LogP contribution in [-0.4, -0.2) is 62.6 Å². The highest BCUT2D eigenvalue weighted by Crippen LogP contribution is 2.47. The van der Waals surface area contributed by atoms with Crippen LogP contribution in [0.25, 0.3) is 21.9 Å². The zero-order chi connectivity index (χ0) is 32.3. The van der Waals surface area contributed by atoms with E-state index >= 15 is 0 Å². The number of hydrogen-bond donors (Lipinski definition) is 3. The number of imidazole rings is 1. The molecule has 3 aromatic carbocycles. The van der Waals surface area contributed by atoms with Crippen LogP contribution in [0, 0.1) is 0 Å². The molecule has 0 aliphatic carbocycles. The van der Waals surface area contributed by atoms with E-state index in [0.29, 0.717) is 22.3 Å². The van der Waals surface area contributed by atoms with E-state index in [0.717, 1.165) is 10.9 Å². The van der Waals surface area contributed by atoms with Gasteiger partial charge >= 0.3 is 19.7 Å².